The highest BCUT2D eigenvalue weighted by atomic mass is 19.4. The predicted octanol–water partition coefficient (Wildman–Crippen LogP) is 4.08. The van der Waals surface area contributed by atoms with Crippen molar-refractivity contribution in [1.82, 2.24) is 9.80 Å². The Bertz CT molecular complexity index is 1090. The van der Waals surface area contributed by atoms with Crippen LogP contribution in [0.2, 0.25) is 0 Å². The first-order valence-corrected chi connectivity index (χ1v) is 10.9. The van der Waals surface area contributed by atoms with Gasteiger partial charge < -0.3 is 15.1 Å². The quantitative estimate of drug-likeness (QED) is 0.685. The average Bonchev–Trinajstić information content (AvgIpc) is 3.09. The van der Waals surface area contributed by atoms with E-state index in [9.17, 15) is 27.6 Å². The number of likely N-dealkylation sites (N-methyl/N-ethyl adjacent to an activating group) is 1. The molecular weight excluding hydrogens is 447 g/mol. The molecule has 0 radical (unpaired) electrons. The van der Waals surface area contributed by atoms with Gasteiger partial charge in [0, 0.05) is 32.2 Å². The van der Waals surface area contributed by atoms with Crippen LogP contribution in [0.25, 0.3) is 0 Å². The number of hydrogen-bond acceptors (Lipinski definition) is 3. The molecule has 0 aromatic heterocycles. The minimum absolute atomic E-state index is 0.0112. The maximum Gasteiger partial charge on any atom is 0.416 e. The molecule has 1 saturated heterocycles. The zero-order valence-corrected chi connectivity index (χ0v) is 19.6. The number of amides is 3. The van der Waals surface area contributed by atoms with E-state index in [0.717, 1.165) is 28.8 Å². The number of nitrogens with zero attached hydrogens (tertiary/aromatic N) is 2. The van der Waals surface area contributed by atoms with Crippen LogP contribution in [0.5, 0.6) is 0 Å². The summed E-state index contributed by atoms with van der Waals surface area (Å²) in [5.74, 6) is -1.66. The Kier molecular flexibility index (Phi) is 7.33. The van der Waals surface area contributed by atoms with Crippen molar-refractivity contribution in [3.05, 3.63) is 64.2 Å². The van der Waals surface area contributed by atoms with Gasteiger partial charge in [-0.15, -0.1) is 0 Å². The Hall–Kier alpha value is -3.36. The predicted molar refractivity (Wildman–Crippen MR) is 122 cm³/mol. The van der Waals surface area contributed by atoms with Gasteiger partial charge in [0.15, 0.2) is 0 Å². The number of likely N-dealkylation sites (tertiary alicyclic amines) is 1. The summed E-state index contributed by atoms with van der Waals surface area (Å²) in [6, 6.07) is 8.71. The molecule has 1 aliphatic heterocycles. The summed E-state index contributed by atoms with van der Waals surface area (Å²) in [5, 5.41) is 2.85. The summed E-state index contributed by atoms with van der Waals surface area (Å²) in [6.45, 7) is 5.67. The van der Waals surface area contributed by atoms with E-state index in [2.05, 4.69) is 5.32 Å². The van der Waals surface area contributed by atoms with Crippen molar-refractivity contribution < 1.29 is 27.6 Å². The van der Waals surface area contributed by atoms with Crippen LogP contribution >= 0.6 is 0 Å². The van der Waals surface area contributed by atoms with Crippen LogP contribution in [-0.4, -0.2) is 47.7 Å². The molecule has 1 unspecified atom stereocenters. The summed E-state index contributed by atoms with van der Waals surface area (Å²) in [5.41, 5.74) is 3.19. The molecule has 0 bridgehead atoms. The molecule has 3 rings (SSSR count). The zero-order valence-electron chi connectivity index (χ0n) is 19.6. The van der Waals surface area contributed by atoms with E-state index in [1.807, 2.05) is 32.9 Å². The van der Waals surface area contributed by atoms with E-state index in [1.165, 1.54) is 29.0 Å². The Labute approximate surface area is 196 Å². The fourth-order valence-electron chi connectivity index (χ4n) is 4.32. The molecule has 2 aromatic rings. The lowest BCUT2D eigenvalue weighted by Gasteiger charge is -2.22. The second kappa shape index (κ2) is 9.87. The van der Waals surface area contributed by atoms with E-state index < -0.39 is 17.7 Å². The van der Waals surface area contributed by atoms with Gasteiger partial charge in [0.1, 0.15) is 0 Å². The highest BCUT2D eigenvalue weighted by molar-refractivity contribution is 5.97. The number of anilines is 1. The van der Waals surface area contributed by atoms with Gasteiger partial charge in [-0.3, -0.25) is 14.4 Å². The smallest absolute Gasteiger partial charge is 0.338 e. The zero-order chi connectivity index (χ0) is 25.2. The fraction of sp³-hybridized carbons (Fsp3) is 0.400. The Morgan fingerprint density at radius 3 is 2.38 bits per heavy atom. The topological polar surface area (TPSA) is 69.7 Å². The van der Waals surface area contributed by atoms with Gasteiger partial charge >= 0.3 is 6.18 Å². The van der Waals surface area contributed by atoms with Crippen LogP contribution in [0.3, 0.4) is 0 Å². The van der Waals surface area contributed by atoms with Crippen molar-refractivity contribution in [2.24, 2.45) is 5.92 Å². The number of alkyl halides is 3. The van der Waals surface area contributed by atoms with Crippen LogP contribution in [0.1, 0.15) is 34.2 Å². The number of rotatable bonds is 6. The Morgan fingerprint density at radius 2 is 1.76 bits per heavy atom. The van der Waals surface area contributed by atoms with Gasteiger partial charge in [0.2, 0.25) is 17.7 Å². The van der Waals surface area contributed by atoms with Crippen molar-refractivity contribution >= 4 is 23.4 Å². The number of nitrogens with one attached hydrogen (secondary N) is 1. The third-order valence-corrected chi connectivity index (χ3v) is 5.89. The van der Waals surface area contributed by atoms with Gasteiger partial charge in [-0.25, -0.2) is 0 Å². The maximum absolute atomic E-state index is 13.0. The number of carbonyl (C=O) groups is 3. The molecule has 1 aliphatic rings. The van der Waals surface area contributed by atoms with E-state index in [0.29, 0.717) is 11.3 Å². The van der Waals surface area contributed by atoms with Crippen molar-refractivity contribution in [2.45, 2.75) is 39.9 Å². The van der Waals surface area contributed by atoms with Crippen LogP contribution in [0.4, 0.5) is 18.9 Å². The highest BCUT2D eigenvalue weighted by Gasteiger charge is 2.36. The fourth-order valence-corrected chi connectivity index (χ4v) is 4.32. The van der Waals surface area contributed by atoms with E-state index in [4.69, 9.17) is 0 Å². The van der Waals surface area contributed by atoms with Crippen molar-refractivity contribution in [2.75, 3.05) is 25.5 Å². The lowest BCUT2D eigenvalue weighted by Crippen LogP contribution is -2.39. The number of benzene rings is 2. The molecule has 3 amide bonds. The van der Waals surface area contributed by atoms with Crippen molar-refractivity contribution in [3.8, 4) is 0 Å². The first-order valence-electron chi connectivity index (χ1n) is 10.9. The second-order valence-corrected chi connectivity index (χ2v) is 8.89. The van der Waals surface area contributed by atoms with Crippen molar-refractivity contribution in [1.29, 1.82) is 0 Å². The van der Waals surface area contributed by atoms with E-state index in [-0.39, 0.29) is 43.8 Å². The molecule has 1 atom stereocenters. The molecular formula is C25H28F3N3O3. The molecule has 0 saturated carbocycles. The molecule has 0 spiro atoms. The molecule has 34 heavy (non-hydrogen) atoms. The Balaban J connectivity index is 1.59. The first-order chi connectivity index (χ1) is 15.8. The summed E-state index contributed by atoms with van der Waals surface area (Å²) in [6.07, 6.45) is -4.51. The third-order valence-electron chi connectivity index (χ3n) is 5.89. The lowest BCUT2D eigenvalue weighted by molar-refractivity contribution is -0.137. The molecule has 1 heterocycles. The Morgan fingerprint density at radius 1 is 1.12 bits per heavy atom. The van der Waals surface area contributed by atoms with E-state index in [1.54, 1.807) is 0 Å². The first kappa shape index (κ1) is 25.3. The van der Waals surface area contributed by atoms with Crippen LogP contribution < -0.4 is 5.32 Å². The van der Waals surface area contributed by atoms with Crippen LogP contribution in [0, 0.1) is 26.7 Å². The summed E-state index contributed by atoms with van der Waals surface area (Å²) < 4.78 is 38.9. The number of hydrogen-bond donors (Lipinski definition) is 1. The van der Waals surface area contributed by atoms with Crippen LogP contribution in [-0.2, 0) is 27.1 Å². The minimum Gasteiger partial charge on any atom is -0.338 e. The standard InChI is InChI=1S/C25H28F3N3O3/c1-15-8-16(2)23(17(3)9-15)29-21(32)14-30(4)24(34)19-11-22(33)31(13-19)12-18-6-5-7-20(10-18)25(26,27)28/h5-10,19H,11-14H2,1-4H3,(H,29,32). The number of aryl methyl sites for hydroxylation is 3. The average molecular weight is 476 g/mol. The van der Waals surface area contributed by atoms with Crippen molar-refractivity contribution in [3.63, 3.8) is 0 Å². The van der Waals surface area contributed by atoms with Gasteiger partial charge in [-0.2, -0.15) is 13.2 Å². The van der Waals surface area contributed by atoms with E-state index >= 15 is 0 Å². The molecule has 0 aliphatic carbocycles. The van der Waals surface area contributed by atoms with Gasteiger partial charge in [-0.1, -0.05) is 29.8 Å². The minimum atomic E-state index is -4.47. The molecule has 2 aromatic carbocycles. The molecule has 1 fully saturated rings. The van der Waals surface area contributed by atoms with Gasteiger partial charge in [0.25, 0.3) is 0 Å². The number of halogens is 3. The number of carbonyl (C=O) groups excluding carboxylic acids is 3. The molecule has 1 N–H and O–H groups in total. The normalized spacial score (nSPS) is 16.0. The molecule has 9 heteroatoms. The molecule has 182 valence electrons. The third kappa shape index (κ3) is 5.95. The van der Waals surface area contributed by atoms with Gasteiger partial charge in [0.05, 0.1) is 18.0 Å². The summed E-state index contributed by atoms with van der Waals surface area (Å²) in [4.78, 5) is 40.5. The summed E-state index contributed by atoms with van der Waals surface area (Å²) >= 11 is 0. The van der Waals surface area contributed by atoms with Gasteiger partial charge in [-0.05, 0) is 49.6 Å². The lowest BCUT2D eigenvalue weighted by atomic mass is 10.0. The summed E-state index contributed by atoms with van der Waals surface area (Å²) in [7, 11) is 1.50. The SMILES string of the molecule is Cc1cc(C)c(NC(=O)CN(C)C(=O)C2CC(=O)N(Cc3cccc(C(F)(F)F)c3)C2)c(C)c1. The maximum atomic E-state index is 13.0. The molecule has 6 nitrogen and oxygen atoms in total. The largest absolute Gasteiger partial charge is 0.416 e. The highest BCUT2D eigenvalue weighted by Crippen LogP contribution is 2.30. The monoisotopic (exact) mass is 475 g/mol. The second-order valence-electron chi connectivity index (χ2n) is 8.89. The van der Waals surface area contributed by atoms with Crippen LogP contribution in [0.15, 0.2) is 36.4 Å².